The van der Waals surface area contributed by atoms with E-state index < -0.39 is 18.3 Å². The van der Waals surface area contributed by atoms with Crippen molar-refractivity contribution in [3.8, 4) is 5.75 Å². The summed E-state index contributed by atoms with van der Waals surface area (Å²) in [5.41, 5.74) is 2.09. The molecular weight excluding hydrogens is 425 g/mol. The van der Waals surface area contributed by atoms with Gasteiger partial charge in [-0.2, -0.15) is 0 Å². The van der Waals surface area contributed by atoms with E-state index in [9.17, 15) is 13.2 Å². The minimum absolute atomic E-state index is 0.0927. The molecule has 0 saturated carbocycles. The largest absolute Gasteiger partial charge is 0.489 e. The van der Waals surface area contributed by atoms with Crippen LogP contribution in [0.5, 0.6) is 5.75 Å². The Morgan fingerprint density at radius 2 is 2.03 bits per heavy atom. The molecule has 2 aromatic heterocycles. The van der Waals surface area contributed by atoms with Gasteiger partial charge in [0.1, 0.15) is 22.9 Å². The van der Waals surface area contributed by atoms with E-state index in [0.29, 0.717) is 45.0 Å². The molecule has 162 valence electrons. The van der Waals surface area contributed by atoms with E-state index >= 15 is 0 Å². The molecule has 2 aromatic carbocycles. The lowest BCUT2D eigenvalue weighted by Crippen LogP contribution is -2.21. The van der Waals surface area contributed by atoms with E-state index in [4.69, 9.17) is 4.74 Å². The van der Waals surface area contributed by atoms with Crippen molar-refractivity contribution >= 4 is 43.4 Å². The van der Waals surface area contributed by atoms with Gasteiger partial charge < -0.3 is 14.6 Å². The molecule has 0 atom stereocenters. The zero-order valence-electron chi connectivity index (χ0n) is 17.2. The molecule has 9 heteroatoms. The number of hydrogen-bond acceptors (Lipinski definition) is 5. The van der Waals surface area contributed by atoms with Crippen molar-refractivity contribution in [2.24, 2.45) is 0 Å². The number of thiazole rings is 1. The second kappa shape index (κ2) is 7.88. The summed E-state index contributed by atoms with van der Waals surface area (Å²) in [5.74, 6) is -2.54. The molecule has 0 spiro atoms. The lowest BCUT2D eigenvalue weighted by Gasteiger charge is -2.14. The Balaban J connectivity index is 1.80. The number of allylic oxidation sites excluding steroid dienone is 1. The van der Waals surface area contributed by atoms with Gasteiger partial charge in [-0.1, -0.05) is 17.9 Å². The van der Waals surface area contributed by atoms with Crippen LogP contribution in [-0.2, 0) is 6.54 Å². The van der Waals surface area contributed by atoms with Gasteiger partial charge in [0.2, 0.25) is 0 Å². The number of halogens is 3. The zero-order chi connectivity index (χ0) is 22.3. The van der Waals surface area contributed by atoms with Crippen LogP contribution in [0.2, 0.25) is 0 Å². The van der Waals surface area contributed by atoms with E-state index in [2.05, 4.69) is 21.9 Å². The maximum atomic E-state index is 14.1. The standard InChI is InChI=1S/C22H21F3N4OS/c1-5-22(24,25)11-29-13(4)26-15-7-9-18-19(20(15)29)28-21(31-18)27-16-10-14(23)6-8-17(16)30-12(2)3/h5-10,12H,1,11H2,2-4H3,(H,27,28). The molecule has 0 bridgehead atoms. The van der Waals surface area contributed by atoms with E-state index in [1.807, 2.05) is 19.9 Å². The highest BCUT2D eigenvalue weighted by Crippen LogP contribution is 2.36. The van der Waals surface area contributed by atoms with Crippen molar-refractivity contribution in [1.82, 2.24) is 14.5 Å². The first-order valence-electron chi connectivity index (χ1n) is 9.68. The number of benzene rings is 2. The van der Waals surface area contributed by atoms with Crippen molar-refractivity contribution in [1.29, 1.82) is 0 Å². The Bertz CT molecular complexity index is 1280. The van der Waals surface area contributed by atoms with Crippen LogP contribution in [0.25, 0.3) is 21.3 Å². The first-order chi connectivity index (χ1) is 14.7. The number of imidazole rings is 1. The van der Waals surface area contributed by atoms with Gasteiger partial charge in [0.05, 0.1) is 34.1 Å². The van der Waals surface area contributed by atoms with Gasteiger partial charge in [-0.25, -0.2) is 23.1 Å². The Morgan fingerprint density at radius 1 is 1.26 bits per heavy atom. The fourth-order valence-electron chi connectivity index (χ4n) is 3.32. The molecular formula is C22H21F3N4OS. The van der Waals surface area contributed by atoms with Gasteiger partial charge in [-0.05, 0) is 51.1 Å². The predicted octanol–water partition coefficient (Wildman–Crippen LogP) is 6.45. The first kappa shape index (κ1) is 21.2. The number of ether oxygens (including phenoxy) is 1. The molecule has 0 fully saturated rings. The highest BCUT2D eigenvalue weighted by atomic mass is 32.1. The average molecular weight is 446 g/mol. The molecule has 0 aliphatic heterocycles. The Hall–Kier alpha value is -3.07. The number of anilines is 2. The summed E-state index contributed by atoms with van der Waals surface area (Å²) in [5, 5.41) is 3.60. The topological polar surface area (TPSA) is 52.0 Å². The highest BCUT2D eigenvalue weighted by Gasteiger charge is 2.27. The molecule has 1 N–H and O–H groups in total. The lowest BCUT2D eigenvalue weighted by molar-refractivity contribution is 0.0370. The number of aryl methyl sites for hydroxylation is 1. The molecule has 0 radical (unpaired) electrons. The minimum Gasteiger partial charge on any atom is -0.489 e. The predicted molar refractivity (Wildman–Crippen MR) is 118 cm³/mol. The van der Waals surface area contributed by atoms with Crippen LogP contribution in [-0.4, -0.2) is 26.6 Å². The van der Waals surface area contributed by atoms with Crippen LogP contribution >= 0.6 is 11.3 Å². The van der Waals surface area contributed by atoms with E-state index in [1.165, 1.54) is 28.0 Å². The van der Waals surface area contributed by atoms with Crippen LogP contribution in [0.4, 0.5) is 24.0 Å². The van der Waals surface area contributed by atoms with Gasteiger partial charge in [0.15, 0.2) is 5.13 Å². The number of nitrogens with zero attached hydrogens (tertiary/aromatic N) is 3. The molecule has 4 aromatic rings. The van der Waals surface area contributed by atoms with Gasteiger partial charge in [0, 0.05) is 6.07 Å². The first-order valence-corrected chi connectivity index (χ1v) is 10.5. The summed E-state index contributed by atoms with van der Waals surface area (Å²) in [7, 11) is 0. The molecule has 31 heavy (non-hydrogen) atoms. The summed E-state index contributed by atoms with van der Waals surface area (Å²) < 4.78 is 50.0. The number of fused-ring (bicyclic) bond motifs is 3. The molecule has 5 nitrogen and oxygen atoms in total. The third-order valence-electron chi connectivity index (χ3n) is 4.67. The normalized spacial score (nSPS) is 12.1. The minimum atomic E-state index is -3.08. The van der Waals surface area contributed by atoms with Crippen LogP contribution in [0.1, 0.15) is 19.7 Å². The smallest absolute Gasteiger partial charge is 0.283 e. The fourth-order valence-corrected chi connectivity index (χ4v) is 4.20. The van der Waals surface area contributed by atoms with Crippen LogP contribution in [0, 0.1) is 12.7 Å². The van der Waals surface area contributed by atoms with Gasteiger partial charge in [0.25, 0.3) is 5.92 Å². The summed E-state index contributed by atoms with van der Waals surface area (Å²) in [4.78, 5) is 9.02. The Morgan fingerprint density at radius 3 is 2.74 bits per heavy atom. The van der Waals surface area contributed by atoms with Gasteiger partial charge in [-0.3, -0.25) is 0 Å². The number of hydrogen-bond donors (Lipinski definition) is 1. The summed E-state index contributed by atoms with van der Waals surface area (Å²) >= 11 is 1.33. The summed E-state index contributed by atoms with van der Waals surface area (Å²) in [6, 6.07) is 7.84. The molecule has 2 heterocycles. The Labute approximate surface area is 181 Å². The average Bonchev–Trinajstić information content (AvgIpc) is 3.23. The number of alkyl halides is 2. The second-order valence-electron chi connectivity index (χ2n) is 7.44. The maximum absolute atomic E-state index is 14.1. The van der Waals surface area contributed by atoms with Crippen LogP contribution in [0.15, 0.2) is 43.0 Å². The zero-order valence-corrected chi connectivity index (χ0v) is 18.1. The lowest BCUT2D eigenvalue weighted by atomic mass is 10.2. The van der Waals surface area contributed by atoms with E-state index in [-0.39, 0.29) is 6.10 Å². The second-order valence-corrected chi connectivity index (χ2v) is 8.47. The van der Waals surface area contributed by atoms with E-state index in [1.54, 1.807) is 19.1 Å². The molecule has 0 amide bonds. The molecule has 0 unspecified atom stereocenters. The van der Waals surface area contributed by atoms with Crippen molar-refractivity contribution in [3.05, 3.63) is 54.6 Å². The van der Waals surface area contributed by atoms with Gasteiger partial charge >= 0.3 is 0 Å². The van der Waals surface area contributed by atoms with E-state index in [0.717, 1.165) is 4.70 Å². The van der Waals surface area contributed by atoms with Crippen molar-refractivity contribution in [3.63, 3.8) is 0 Å². The summed E-state index contributed by atoms with van der Waals surface area (Å²) in [6.07, 6.45) is 0.539. The third-order valence-corrected chi connectivity index (χ3v) is 5.61. The number of rotatable bonds is 7. The maximum Gasteiger partial charge on any atom is 0.283 e. The molecule has 4 rings (SSSR count). The molecule has 0 aliphatic carbocycles. The van der Waals surface area contributed by atoms with Crippen molar-refractivity contribution < 1.29 is 17.9 Å². The monoisotopic (exact) mass is 446 g/mol. The van der Waals surface area contributed by atoms with Crippen molar-refractivity contribution in [2.45, 2.75) is 39.3 Å². The Kier molecular flexibility index (Phi) is 5.38. The van der Waals surface area contributed by atoms with Gasteiger partial charge in [-0.15, -0.1) is 0 Å². The molecule has 0 saturated heterocycles. The van der Waals surface area contributed by atoms with Crippen LogP contribution < -0.4 is 10.1 Å². The number of nitrogens with one attached hydrogen (secondary N) is 1. The molecule has 0 aliphatic rings. The van der Waals surface area contributed by atoms with Crippen molar-refractivity contribution in [2.75, 3.05) is 5.32 Å². The third kappa shape index (κ3) is 4.23. The quantitative estimate of drug-likeness (QED) is 0.332. The SMILES string of the molecule is C=CC(F)(F)Cn1c(C)nc2ccc3sc(Nc4cc(F)ccc4OC(C)C)nc3c21. The fraction of sp³-hybridized carbons (Fsp3) is 0.273. The number of aromatic nitrogens is 3. The van der Waals surface area contributed by atoms with Crippen LogP contribution in [0.3, 0.4) is 0 Å². The summed E-state index contributed by atoms with van der Waals surface area (Å²) in [6.45, 7) is 8.08. The highest BCUT2D eigenvalue weighted by molar-refractivity contribution is 7.22.